The minimum absolute atomic E-state index is 0.0720. The third kappa shape index (κ3) is 1.93. The molecule has 0 bridgehead atoms. The summed E-state index contributed by atoms with van der Waals surface area (Å²) in [6.07, 6.45) is 0. The van der Waals surface area contributed by atoms with Crippen molar-refractivity contribution in [2.24, 2.45) is 0 Å². The lowest BCUT2D eigenvalue weighted by Gasteiger charge is -2.28. The van der Waals surface area contributed by atoms with Gasteiger partial charge in [0.2, 0.25) is 0 Å². The molecule has 1 aliphatic heterocycles. The number of amides is 1. The summed E-state index contributed by atoms with van der Waals surface area (Å²) in [7, 11) is 0. The molecule has 18 heavy (non-hydrogen) atoms. The molecular formula is C13H12N2OS2. The summed E-state index contributed by atoms with van der Waals surface area (Å²) < 4.78 is 0. The van der Waals surface area contributed by atoms with E-state index < -0.39 is 0 Å². The van der Waals surface area contributed by atoms with E-state index in [1.165, 1.54) is 16.2 Å². The van der Waals surface area contributed by atoms with Crippen molar-refractivity contribution in [3.05, 3.63) is 40.3 Å². The van der Waals surface area contributed by atoms with Crippen molar-refractivity contribution in [3.8, 4) is 0 Å². The Morgan fingerprint density at radius 2 is 2.22 bits per heavy atom. The molecule has 1 amide bonds. The molecule has 2 heterocycles. The van der Waals surface area contributed by atoms with Crippen LogP contribution in [0.2, 0.25) is 0 Å². The lowest BCUT2D eigenvalue weighted by Crippen LogP contribution is -2.35. The van der Waals surface area contributed by atoms with Crippen molar-refractivity contribution >= 4 is 34.7 Å². The minimum Gasteiger partial charge on any atom is -0.306 e. The quantitative estimate of drug-likeness (QED) is 0.802. The summed E-state index contributed by atoms with van der Waals surface area (Å²) in [5.74, 6) is 1.02. The fourth-order valence-electron chi connectivity index (χ4n) is 2.01. The lowest BCUT2D eigenvalue weighted by molar-refractivity contribution is 0.0991. The minimum atomic E-state index is 0.0720. The highest BCUT2D eigenvalue weighted by Gasteiger charge is 2.25. The van der Waals surface area contributed by atoms with Crippen LogP contribution >= 0.6 is 23.1 Å². The summed E-state index contributed by atoms with van der Waals surface area (Å²) in [5.41, 5.74) is 3.57. The molecule has 0 saturated heterocycles. The number of aryl methyl sites for hydroxylation is 1. The van der Waals surface area contributed by atoms with Crippen LogP contribution in [-0.4, -0.2) is 23.2 Å². The number of carbonyl (C=O) groups excluding carboxylic acids is 1. The maximum atomic E-state index is 12.5. The molecular weight excluding hydrogens is 264 g/mol. The first-order valence-electron chi connectivity index (χ1n) is 5.71. The number of hydrogen-bond acceptors (Lipinski definition) is 4. The molecule has 0 spiro atoms. The predicted molar refractivity (Wildman–Crippen MR) is 75.7 cm³/mol. The van der Waals surface area contributed by atoms with E-state index in [4.69, 9.17) is 0 Å². The van der Waals surface area contributed by atoms with Gasteiger partial charge in [0.15, 0.2) is 0 Å². The standard InChI is InChI=1S/C13H12N2OS2/c1-9-12(18-8-14-9)13(16)15-6-7-17-11-5-3-2-4-10(11)15/h2-5,8H,6-7H2,1H3. The fourth-order valence-corrected chi connectivity index (χ4v) is 3.76. The molecule has 0 radical (unpaired) electrons. The van der Waals surface area contributed by atoms with Crippen LogP contribution in [0.5, 0.6) is 0 Å². The highest BCUT2D eigenvalue weighted by Crippen LogP contribution is 2.35. The second-order valence-electron chi connectivity index (χ2n) is 4.04. The van der Waals surface area contributed by atoms with Gasteiger partial charge in [0.25, 0.3) is 5.91 Å². The smallest absolute Gasteiger partial charge is 0.270 e. The van der Waals surface area contributed by atoms with Gasteiger partial charge in [-0.25, -0.2) is 4.98 Å². The van der Waals surface area contributed by atoms with Gasteiger partial charge < -0.3 is 4.90 Å². The molecule has 2 aromatic rings. The van der Waals surface area contributed by atoms with E-state index in [9.17, 15) is 4.79 Å². The molecule has 5 heteroatoms. The van der Waals surface area contributed by atoms with Crippen LogP contribution in [0.3, 0.4) is 0 Å². The Morgan fingerprint density at radius 1 is 1.39 bits per heavy atom. The van der Waals surface area contributed by atoms with E-state index in [-0.39, 0.29) is 5.91 Å². The zero-order valence-electron chi connectivity index (χ0n) is 9.92. The Kier molecular flexibility index (Phi) is 3.09. The number of thioether (sulfide) groups is 1. The van der Waals surface area contributed by atoms with E-state index in [2.05, 4.69) is 11.1 Å². The Labute approximate surface area is 114 Å². The van der Waals surface area contributed by atoms with Gasteiger partial charge in [-0.05, 0) is 19.1 Å². The zero-order valence-corrected chi connectivity index (χ0v) is 11.6. The molecule has 0 N–H and O–H groups in total. The normalized spacial score (nSPS) is 14.4. The van der Waals surface area contributed by atoms with E-state index in [1.807, 2.05) is 30.0 Å². The second-order valence-corrected chi connectivity index (χ2v) is 6.03. The van der Waals surface area contributed by atoms with Crippen LogP contribution in [0.4, 0.5) is 5.69 Å². The van der Waals surface area contributed by atoms with Crippen LogP contribution in [0.1, 0.15) is 15.4 Å². The fraction of sp³-hybridized carbons (Fsp3) is 0.231. The van der Waals surface area contributed by atoms with Crippen LogP contribution in [0.25, 0.3) is 0 Å². The van der Waals surface area contributed by atoms with E-state index in [1.54, 1.807) is 17.3 Å². The van der Waals surface area contributed by atoms with Gasteiger partial charge in [-0.1, -0.05) is 12.1 Å². The van der Waals surface area contributed by atoms with E-state index >= 15 is 0 Å². The second kappa shape index (κ2) is 4.74. The van der Waals surface area contributed by atoms with Gasteiger partial charge in [-0.15, -0.1) is 23.1 Å². The van der Waals surface area contributed by atoms with Gasteiger partial charge in [-0.3, -0.25) is 4.79 Å². The van der Waals surface area contributed by atoms with Crippen LogP contribution in [0, 0.1) is 6.92 Å². The molecule has 1 aromatic carbocycles. The van der Waals surface area contributed by atoms with Crippen molar-refractivity contribution in [2.75, 3.05) is 17.2 Å². The number of aromatic nitrogens is 1. The topological polar surface area (TPSA) is 33.2 Å². The van der Waals surface area contributed by atoms with Gasteiger partial charge in [0.05, 0.1) is 16.9 Å². The molecule has 0 saturated carbocycles. The molecule has 3 rings (SSSR count). The Hall–Kier alpha value is -1.33. The molecule has 1 aromatic heterocycles. The highest BCUT2D eigenvalue weighted by atomic mass is 32.2. The Morgan fingerprint density at radius 3 is 3.00 bits per heavy atom. The van der Waals surface area contributed by atoms with E-state index in [0.717, 1.165) is 28.6 Å². The van der Waals surface area contributed by atoms with Crippen molar-refractivity contribution in [1.82, 2.24) is 4.98 Å². The maximum absolute atomic E-state index is 12.5. The summed E-state index contributed by atoms with van der Waals surface area (Å²) in [5, 5.41) is 0. The van der Waals surface area contributed by atoms with E-state index in [0.29, 0.717) is 0 Å². The number of carbonyl (C=O) groups is 1. The number of rotatable bonds is 1. The molecule has 92 valence electrons. The molecule has 0 atom stereocenters. The Balaban J connectivity index is 2.00. The average molecular weight is 276 g/mol. The van der Waals surface area contributed by atoms with Crippen molar-refractivity contribution in [1.29, 1.82) is 0 Å². The third-order valence-electron chi connectivity index (χ3n) is 2.91. The number of benzene rings is 1. The van der Waals surface area contributed by atoms with Crippen molar-refractivity contribution < 1.29 is 4.79 Å². The van der Waals surface area contributed by atoms with Gasteiger partial charge in [0, 0.05) is 17.2 Å². The average Bonchev–Trinajstić information content (AvgIpc) is 2.83. The summed E-state index contributed by atoms with van der Waals surface area (Å²) in [6.45, 7) is 2.65. The number of nitrogens with zero attached hydrogens (tertiary/aromatic N) is 2. The highest BCUT2D eigenvalue weighted by molar-refractivity contribution is 7.99. The van der Waals surface area contributed by atoms with Crippen LogP contribution in [0.15, 0.2) is 34.7 Å². The first-order chi connectivity index (χ1) is 8.77. The molecule has 0 unspecified atom stereocenters. The van der Waals surface area contributed by atoms with Crippen LogP contribution < -0.4 is 4.90 Å². The number of thiazole rings is 1. The largest absolute Gasteiger partial charge is 0.306 e. The lowest BCUT2D eigenvalue weighted by atomic mass is 10.2. The number of para-hydroxylation sites is 1. The molecule has 3 nitrogen and oxygen atoms in total. The third-order valence-corrected chi connectivity index (χ3v) is 4.87. The van der Waals surface area contributed by atoms with Crippen LogP contribution in [-0.2, 0) is 0 Å². The monoisotopic (exact) mass is 276 g/mol. The predicted octanol–water partition coefficient (Wildman–Crippen LogP) is 3.20. The maximum Gasteiger partial charge on any atom is 0.270 e. The molecule has 0 fully saturated rings. The van der Waals surface area contributed by atoms with Crippen molar-refractivity contribution in [3.63, 3.8) is 0 Å². The summed E-state index contributed by atoms with van der Waals surface area (Å²) >= 11 is 3.22. The summed E-state index contributed by atoms with van der Waals surface area (Å²) in [4.78, 5) is 20.5. The number of fused-ring (bicyclic) bond motifs is 1. The van der Waals surface area contributed by atoms with Gasteiger partial charge in [-0.2, -0.15) is 0 Å². The SMILES string of the molecule is Cc1ncsc1C(=O)N1CCSc2ccccc21. The number of hydrogen-bond donors (Lipinski definition) is 0. The number of anilines is 1. The van der Waals surface area contributed by atoms with Crippen molar-refractivity contribution in [2.45, 2.75) is 11.8 Å². The zero-order chi connectivity index (χ0) is 12.5. The molecule has 0 aliphatic carbocycles. The first-order valence-corrected chi connectivity index (χ1v) is 7.57. The van der Waals surface area contributed by atoms with Gasteiger partial charge >= 0.3 is 0 Å². The Bertz CT molecular complexity index is 594. The first kappa shape index (κ1) is 11.7. The molecule has 1 aliphatic rings. The van der Waals surface area contributed by atoms with Gasteiger partial charge in [0.1, 0.15) is 4.88 Å². The summed E-state index contributed by atoms with van der Waals surface area (Å²) in [6, 6.07) is 8.07.